The van der Waals surface area contributed by atoms with Crippen LogP contribution in [0.25, 0.3) is 0 Å². The van der Waals surface area contributed by atoms with Crippen molar-refractivity contribution in [3.05, 3.63) is 9.66 Å². The zero-order valence-corrected chi connectivity index (χ0v) is 11.0. The van der Waals surface area contributed by atoms with Crippen molar-refractivity contribution in [2.24, 2.45) is 10.9 Å². The van der Waals surface area contributed by atoms with E-state index in [2.05, 4.69) is 40.6 Å². The number of hydrogen-bond donors (Lipinski definition) is 0. The molecule has 1 rings (SSSR count). The van der Waals surface area contributed by atoms with Gasteiger partial charge in [0.25, 0.3) is 0 Å². The Bertz CT molecular complexity index is 292. The van der Waals surface area contributed by atoms with Crippen LogP contribution in [0.1, 0.15) is 33.6 Å². The summed E-state index contributed by atoms with van der Waals surface area (Å²) in [6, 6.07) is 0.240. The average molecular weight is 305 g/mol. The van der Waals surface area contributed by atoms with E-state index in [-0.39, 0.29) is 17.7 Å². The van der Waals surface area contributed by atoms with E-state index in [0.29, 0.717) is 5.71 Å². The first-order valence-corrected chi connectivity index (χ1v) is 6.13. The molecule has 0 radical (unpaired) electrons. The lowest BCUT2D eigenvalue weighted by Gasteiger charge is -2.04. The van der Waals surface area contributed by atoms with Crippen molar-refractivity contribution in [3.8, 4) is 0 Å². The first kappa shape index (κ1) is 11.9. The molecule has 0 saturated heterocycles. The molecule has 0 aliphatic carbocycles. The van der Waals surface area contributed by atoms with Crippen LogP contribution in [0, 0.1) is 5.92 Å². The van der Waals surface area contributed by atoms with E-state index >= 15 is 0 Å². The summed E-state index contributed by atoms with van der Waals surface area (Å²) in [6.45, 7) is 5.97. The van der Waals surface area contributed by atoms with Gasteiger partial charge < -0.3 is 0 Å². The minimum atomic E-state index is 0.0484. The normalized spacial score (nSPS) is 21.1. The minimum Gasteiger partial charge on any atom is -0.292 e. The van der Waals surface area contributed by atoms with Crippen LogP contribution in [-0.4, -0.2) is 17.5 Å². The van der Waals surface area contributed by atoms with E-state index in [1.54, 1.807) is 0 Å². The van der Waals surface area contributed by atoms with Crippen molar-refractivity contribution in [1.29, 1.82) is 0 Å². The van der Waals surface area contributed by atoms with Gasteiger partial charge in [-0.3, -0.25) is 9.79 Å². The number of allylic oxidation sites excluding steroid dienone is 1. The molecule has 1 heterocycles. The van der Waals surface area contributed by atoms with Crippen molar-refractivity contribution in [1.82, 2.24) is 0 Å². The molecule has 78 valence electrons. The molecular weight excluding hydrogens is 289 g/mol. The summed E-state index contributed by atoms with van der Waals surface area (Å²) in [7, 11) is 0. The zero-order valence-electron chi connectivity index (χ0n) is 8.88. The Balaban J connectivity index is 2.77. The summed E-state index contributed by atoms with van der Waals surface area (Å²) in [5, 5.41) is 0. The number of carbonyl (C=O) groups is 1. The van der Waals surface area contributed by atoms with E-state index in [1.165, 1.54) is 0 Å². The van der Waals surface area contributed by atoms with Gasteiger partial charge in [-0.1, -0.05) is 27.2 Å². The molecule has 0 spiro atoms. The third kappa shape index (κ3) is 2.65. The van der Waals surface area contributed by atoms with Crippen LogP contribution >= 0.6 is 22.6 Å². The minimum absolute atomic E-state index is 0.0484. The number of ketones is 1. The summed E-state index contributed by atoms with van der Waals surface area (Å²) in [6.07, 6.45) is 4.25. The predicted molar refractivity (Wildman–Crippen MR) is 68.1 cm³/mol. The molecule has 0 N–H and O–H groups in total. The van der Waals surface area contributed by atoms with Crippen LogP contribution in [0.5, 0.6) is 0 Å². The van der Waals surface area contributed by atoms with E-state index in [9.17, 15) is 4.79 Å². The van der Waals surface area contributed by atoms with Crippen LogP contribution in [-0.2, 0) is 4.79 Å². The molecule has 0 bridgehead atoms. The van der Waals surface area contributed by atoms with Gasteiger partial charge >= 0.3 is 0 Å². The smallest absolute Gasteiger partial charge is 0.184 e. The Hall–Kier alpha value is -0.190. The number of hydrogen-bond acceptors (Lipinski definition) is 2. The lowest BCUT2D eigenvalue weighted by molar-refractivity contribution is -0.115. The summed E-state index contributed by atoms with van der Waals surface area (Å²) < 4.78 is 1.03. The van der Waals surface area contributed by atoms with E-state index < -0.39 is 0 Å². The highest BCUT2D eigenvalue weighted by Gasteiger charge is 2.24. The molecule has 0 fully saturated rings. The van der Waals surface area contributed by atoms with Crippen LogP contribution in [0.3, 0.4) is 0 Å². The summed E-state index contributed by atoms with van der Waals surface area (Å²) in [5.74, 6) is 0.219. The van der Waals surface area contributed by atoms with Gasteiger partial charge in [-0.25, -0.2) is 0 Å². The lowest BCUT2D eigenvalue weighted by atomic mass is 10.1. The van der Waals surface area contributed by atoms with E-state index in [4.69, 9.17) is 0 Å². The van der Waals surface area contributed by atoms with Gasteiger partial charge in [0.2, 0.25) is 0 Å². The molecule has 3 heteroatoms. The lowest BCUT2D eigenvalue weighted by Crippen LogP contribution is -2.18. The number of carbonyl (C=O) groups excluding carboxylic acids is 1. The SMILES string of the molecule is CCCC1C=C(I)C(C(=O)C(C)C)=N1. The van der Waals surface area contributed by atoms with Crippen LogP contribution in [0.4, 0.5) is 0 Å². The van der Waals surface area contributed by atoms with Gasteiger partial charge in [0.1, 0.15) is 5.71 Å². The van der Waals surface area contributed by atoms with Gasteiger partial charge in [0.15, 0.2) is 5.78 Å². The zero-order chi connectivity index (χ0) is 10.7. The maximum absolute atomic E-state index is 11.7. The van der Waals surface area contributed by atoms with E-state index in [0.717, 1.165) is 16.4 Å². The molecule has 1 atom stereocenters. The first-order valence-electron chi connectivity index (χ1n) is 5.06. The van der Waals surface area contributed by atoms with Crippen molar-refractivity contribution in [3.63, 3.8) is 0 Å². The van der Waals surface area contributed by atoms with Gasteiger partial charge in [-0.05, 0) is 35.1 Å². The number of nitrogens with zero attached hydrogens (tertiary/aromatic N) is 1. The number of Topliss-reactive ketones (excluding diaryl/α,β-unsaturated/α-hetero) is 1. The van der Waals surface area contributed by atoms with E-state index in [1.807, 2.05) is 13.8 Å². The Labute approximate surface area is 99.0 Å². The highest BCUT2D eigenvalue weighted by molar-refractivity contribution is 14.1. The second kappa shape index (κ2) is 5.05. The fourth-order valence-corrected chi connectivity index (χ4v) is 2.23. The Morgan fingerprint density at radius 2 is 2.29 bits per heavy atom. The van der Waals surface area contributed by atoms with Gasteiger partial charge in [0.05, 0.1) is 6.04 Å². The molecule has 0 aromatic heterocycles. The average Bonchev–Trinajstić information content (AvgIpc) is 2.46. The molecule has 0 aromatic carbocycles. The summed E-state index contributed by atoms with van der Waals surface area (Å²) >= 11 is 2.21. The maximum Gasteiger partial charge on any atom is 0.184 e. The number of aliphatic imine (C=N–C) groups is 1. The van der Waals surface area contributed by atoms with Gasteiger partial charge in [-0.2, -0.15) is 0 Å². The molecule has 0 aromatic rings. The first-order chi connectivity index (χ1) is 6.56. The molecule has 0 amide bonds. The highest BCUT2D eigenvalue weighted by Crippen LogP contribution is 2.23. The third-order valence-electron chi connectivity index (χ3n) is 2.20. The fraction of sp³-hybridized carbons (Fsp3) is 0.636. The quantitative estimate of drug-likeness (QED) is 0.734. The molecular formula is C11H16INO. The number of halogens is 1. The fourth-order valence-electron chi connectivity index (χ4n) is 1.41. The van der Waals surface area contributed by atoms with Crippen molar-refractivity contribution >= 4 is 34.1 Å². The van der Waals surface area contributed by atoms with Crippen LogP contribution in [0.15, 0.2) is 14.6 Å². The molecule has 1 unspecified atom stereocenters. The summed E-state index contributed by atoms with van der Waals surface area (Å²) in [5.41, 5.74) is 0.694. The highest BCUT2D eigenvalue weighted by atomic mass is 127. The molecule has 1 aliphatic rings. The largest absolute Gasteiger partial charge is 0.292 e. The monoisotopic (exact) mass is 305 g/mol. The number of rotatable bonds is 4. The molecule has 2 nitrogen and oxygen atoms in total. The standard InChI is InChI=1S/C11H16INO/c1-4-5-8-6-9(12)10(13-8)11(14)7(2)3/h6-8H,4-5H2,1-3H3. The summed E-state index contributed by atoms with van der Waals surface area (Å²) in [4.78, 5) is 16.2. The van der Waals surface area contributed by atoms with Crippen molar-refractivity contribution in [2.45, 2.75) is 39.7 Å². The predicted octanol–water partition coefficient (Wildman–Crippen LogP) is 3.15. The third-order valence-corrected chi connectivity index (χ3v) is 3.07. The van der Waals surface area contributed by atoms with Crippen LogP contribution < -0.4 is 0 Å². The van der Waals surface area contributed by atoms with Gasteiger partial charge in [-0.15, -0.1) is 0 Å². The second-order valence-corrected chi connectivity index (χ2v) is 5.03. The molecule has 1 aliphatic heterocycles. The van der Waals surface area contributed by atoms with Crippen molar-refractivity contribution < 1.29 is 4.79 Å². The van der Waals surface area contributed by atoms with Gasteiger partial charge in [0, 0.05) is 9.50 Å². The Morgan fingerprint density at radius 3 is 2.79 bits per heavy atom. The maximum atomic E-state index is 11.7. The van der Waals surface area contributed by atoms with Crippen LogP contribution in [0.2, 0.25) is 0 Å². The Morgan fingerprint density at radius 1 is 1.64 bits per heavy atom. The van der Waals surface area contributed by atoms with Crippen molar-refractivity contribution in [2.75, 3.05) is 0 Å². The molecule has 14 heavy (non-hydrogen) atoms. The second-order valence-electron chi connectivity index (χ2n) is 3.87. The topological polar surface area (TPSA) is 29.4 Å². The molecule has 0 saturated carbocycles. The Kier molecular flexibility index (Phi) is 4.29.